The predicted octanol–water partition coefficient (Wildman–Crippen LogP) is 2.44. The lowest BCUT2D eigenvalue weighted by Gasteiger charge is -2.07. The fourth-order valence-electron chi connectivity index (χ4n) is 1.04. The van der Waals surface area contributed by atoms with Crippen LogP contribution >= 0.6 is 11.6 Å². The summed E-state index contributed by atoms with van der Waals surface area (Å²) in [7, 11) is 0. The van der Waals surface area contributed by atoms with E-state index in [-0.39, 0.29) is 0 Å². The zero-order valence-electron chi connectivity index (χ0n) is 7.18. The van der Waals surface area contributed by atoms with Gasteiger partial charge in [-0.15, -0.1) is 0 Å². The van der Waals surface area contributed by atoms with Crippen molar-refractivity contribution in [1.29, 1.82) is 0 Å². The molecule has 1 rings (SSSR count). The topological polar surface area (TPSA) is 50.2 Å². The minimum absolute atomic E-state index is 0.433. The largest absolute Gasteiger partial charge is 0.481 e. The van der Waals surface area contributed by atoms with Gasteiger partial charge in [-0.25, -0.2) is 18.2 Å². The van der Waals surface area contributed by atoms with Gasteiger partial charge >= 0.3 is 5.97 Å². The Morgan fingerprint density at radius 1 is 1.60 bits per heavy atom. The second-order valence-electron chi connectivity index (χ2n) is 2.66. The summed E-state index contributed by atoms with van der Waals surface area (Å²) in [5, 5.41) is 7.96. The van der Waals surface area contributed by atoms with Gasteiger partial charge in [-0.1, -0.05) is 11.6 Å². The molecule has 0 saturated carbocycles. The number of carboxylic acid groups (broad SMARTS) is 1. The first kappa shape index (κ1) is 11.8. The molecule has 3 nitrogen and oxygen atoms in total. The van der Waals surface area contributed by atoms with Crippen LogP contribution in [0.1, 0.15) is 17.7 Å². The SMILES string of the molecule is O=C(O)Cc1c(F)cc(Cl)nc1C(F)F. The van der Waals surface area contributed by atoms with Gasteiger partial charge in [0.05, 0.1) is 6.42 Å². The molecule has 0 atom stereocenters. The molecule has 15 heavy (non-hydrogen) atoms. The number of aromatic nitrogens is 1. The molecule has 0 aromatic carbocycles. The van der Waals surface area contributed by atoms with Gasteiger partial charge in [0.15, 0.2) is 0 Å². The number of aliphatic carboxylic acids is 1. The number of alkyl halides is 2. The minimum atomic E-state index is -3.06. The number of carbonyl (C=O) groups is 1. The first-order valence-corrected chi connectivity index (χ1v) is 4.14. The molecule has 1 heterocycles. The van der Waals surface area contributed by atoms with Crippen LogP contribution in [-0.2, 0) is 11.2 Å². The van der Waals surface area contributed by atoms with Gasteiger partial charge < -0.3 is 5.11 Å². The molecule has 0 aliphatic heterocycles. The lowest BCUT2D eigenvalue weighted by Crippen LogP contribution is -2.08. The lowest BCUT2D eigenvalue weighted by molar-refractivity contribution is -0.136. The van der Waals surface area contributed by atoms with Crippen molar-refractivity contribution >= 4 is 17.6 Å². The highest BCUT2D eigenvalue weighted by molar-refractivity contribution is 6.29. The van der Waals surface area contributed by atoms with Crippen molar-refractivity contribution in [2.24, 2.45) is 0 Å². The maximum Gasteiger partial charge on any atom is 0.308 e. The van der Waals surface area contributed by atoms with Crippen molar-refractivity contribution in [3.63, 3.8) is 0 Å². The van der Waals surface area contributed by atoms with E-state index in [0.717, 1.165) is 0 Å². The van der Waals surface area contributed by atoms with E-state index in [1.165, 1.54) is 0 Å². The van der Waals surface area contributed by atoms with Crippen molar-refractivity contribution in [3.05, 3.63) is 28.3 Å². The third-order valence-corrected chi connectivity index (χ3v) is 1.80. The first-order chi connectivity index (χ1) is 6.91. The maximum atomic E-state index is 13.1. The summed E-state index contributed by atoms with van der Waals surface area (Å²) in [6.07, 6.45) is -3.91. The zero-order valence-corrected chi connectivity index (χ0v) is 7.93. The lowest BCUT2D eigenvalue weighted by atomic mass is 10.1. The Morgan fingerprint density at radius 2 is 2.20 bits per heavy atom. The fourth-order valence-corrected chi connectivity index (χ4v) is 1.22. The van der Waals surface area contributed by atoms with Crippen LogP contribution in [0.4, 0.5) is 13.2 Å². The molecule has 7 heteroatoms. The van der Waals surface area contributed by atoms with Crippen LogP contribution in [0.2, 0.25) is 5.15 Å². The molecule has 1 N–H and O–H groups in total. The smallest absolute Gasteiger partial charge is 0.308 e. The fraction of sp³-hybridized carbons (Fsp3) is 0.250. The highest BCUT2D eigenvalue weighted by Gasteiger charge is 2.21. The molecular weight excluding hydrogens is 235 g/mol. The van der Waals surface area contributed by atoms with Gasteiger partial charge in [0.2, 0.25) is 0 Å². The Bertz CT molecular complexity index is 398. The van der Waals surface area contributed by atoms with Crippen LogP contribution in [0, 0.1) is 5.82 Å². The maximum absolute atomic E-state index is 13.1. The summed E-state index contributed by atoms with van der Waals surface area (Å²) in [4.78, 5) is 13.5. The minimum Gasteiger partial charge on any atom is -0.481 e. The van der Waals surface area contributed by atoms with Crippen LogP contribution in [0.5, 0.6) is 0 Å². The zero-order chi connectivity index (χ0) is 11.6. The van der Waals surface area contributed by atoms with Gasteiger partial charge in [0.25, 0.3) is 6.43 Å². The highest BCUT2D eigenvalue weighted by Crippen LogP contribution is 2.25. The van der Waals surface area contributed by atoms with Crippen molar-refractivity contribution in [2.45, 2.75) is 12.8 Å². The van der Waals surface area contributed by atoms with Crippen molar-refractivity contribution in [3.8, 4) is 0 Å². The van der Waals surface area contributed by atoms with E-state index in [1.54, 1.807) is 0 Å². The number of halogens is 4. The molecule has 1 aromatic rings. The molecule has 0 bridgehead atoms. The van der Waals surface area contributed by atoms with E-state index in [2.05, 4.69) is 4.98 Å². The molecule has 0 radical (unpaired) electrons. The second-order valence-corrected chi connectivity index (χ2v) is 3.05. The van der Waals surface area contributed by atoms with Gasteiger partial charge in [0.1, 0.15) is 16.7 Å². The van der Waals surface area contributed by atoms with Crippen molar-refractivity contribution in [2.75, 3.05) is 0 Å². The highest BCUT2D eigenvalue weighted by atomic mass is 35.5. The summed E-state index contributed by atoms with van der Waals surface area (Å²) in [5.41, 5.74) is -1.57. The van der Waals surface area contributed by atoms with Crippen LogP contribution in [-0.4, -0.2) is 16.1 Å². The number of pyridine rings is 1. The number of rotatable bonds is 3. The van der Waals surface area contributed by atoms with Crippen LogP contribution in [0.15, 0.2) is 6.07 Å². The Hall–Kier alpha value is -1.30. The number of nitrogens with zero attached hydrogens (tertiary/aromatic N) is 1. The molecule has 0 saturated heterocycles. The summed E-state index contributed by atoms with van der Waals surface area (Å²) >= 11 is 5.27. The predicted molar refractivity (Wildman–Crippen MR) is 45.5 cm³/mol. The van der Waals surface area contributed by atoms with Crippen LogP contribution in [0.3, 0.4) is 0 Å². The van der Waals surface area contributed by atoms with E-state index in [1.807, 2.05) is 0 Å². The van der Waals surface area contributed by atoms with Crippen LogP contribution < -0.4 is 0 Å². The molecule has 0 fully saturated rings. The quantitative estimate of drug-likeness (QED) is 0.824. The van der Waals surface area contributed by atoms with E-state index in [0.29, 0.717) is 6.07 Å². The molecule has 0 aliphatic carbocycles. The average Bonchev–Trinajstić information content (AvgIpc) is 2.08. The number of hydrogen-bond donors (Lipinski definition) is 1. The molecule has 0 aliphatic rings. The van der Waals surface area contributed by atoms with Gasteiger partial charge in [-0.3, -0.25) is 4.79 Å². The number of carboxylic acids is 1. The second kappa shape index (κ2) is 4.48. The van der Waals surface area contributed by atoms with E-state index < -0.39 is 41.0 Å². The third kappa shape index (κ3) is 2.82. The summed E-state index contributed by atoms with van der Waals surface area (Å²) < 4.78 is 37.8. The molecule has 1 aromatic heterocycles. The van der Waals surface area contributed by atoms with Gasteiger partial charge in [0, 0.05) is 11.6 Å². The molecule has 0 spiro atoms. The Morgan fingerprint density at radius 3 is 2.67 bits per heavy atom. The number of hydrogen-bond acceptors (Lipinski definition) is 2. The van der Waals surface area contributed by atoms with Crippen molar-refractivity contribution in [1.82, 2.24) is 4.98 Å². The first-order valence-electron chi connectivity index (χ1n) is 3.76. The Labute approximate surface area is 87.5 Å². The normalized spacial score (nSPS) is 10.7. The molecule has 82 valence electrons. The van der Waals surface area contributed by atoms with E-state index in [4.69, 9.17) is 16.7 Å². The van der Waals surface area contributed by atoms with E-state index >= 15 is 0 Å². The molecule has 0 amide bonds. The third-order valence-electron chi connectivity index (χ3n) is 1.61. The Balaban J connectivity index is 3.26. The molecular formula is C8H5ClF3NO2. The standard InChI is InChI=1S/C8H5ClF3NO2/c9-5-2-4(10)3(1-6(14)15)7(13-5)8(11)12/h2,8H,1H2,(H,14,15). The van der Waals surface area contributed by atoms with Crippen molar-refractivity contribution < 1.29 is 23.1 Å². The summed E-state index contributed by atoms with van der Waals surface area (Å²) in [6, 6.07) is 0.700. The summed E-state index contributed by atoms with van der Waals surface area (Å²) in [6.45, 7) is 0. The average molecular weight is 240 g/mol. The monoisotopic (exact) mass is 239 g/mol. The summed E-state index contributed by atoms with van der Waals surface area (Å²) in [5.74, 6) is -2.51. The van der Waals surface area contributed by atoms with Crippen LogP contribution in [0.25, 0.3) is 0 Å². The van der Waals surface area contributed by atoms with Gasteiger partial charge in [-0.05, 0) is 0 Å². The van der Waals surface area contributed by atoms with E-state index in [9.17, 15) is 18.0 Å². The molecule has 0 unspecified atom stereocenters. The Kier molecular flexibility index (Phi) is 3.52. The van der Waals surface area contributed by atoms with Gasteiger partial charge in [-0.2, -0.15) is 0 Å².